The lowest BCUT2D eigenvalue weighted by Crippen LogP contribution is -2.37. The number of anilines is 2. The quantitative estimate of drug-likeness (QED) is 0.0561. The molecule has 2 rings (SSSR count). The van der Waals surface area contributed by atoms with Gasteiger partial charge >= 0.3 is 12.2 Å². The Morgan fingerprint density at radius 2 is 0.629 bits per heavy atom. The molecule has 0 radical (unpaired) electrons. The molecule has 2 aromatic rings. The number of rotatable bonds is 22. The molecule has 62 heavy (non-hydrogen) atoms. The Bertz CT molecular complexity index is 1700. The van der Waals surface area contributed by atoms with Crippen molar-refractivity contribution in [2.24, 2.45) is 0 Å². The van der Waals surface area contributed by atoms with E-state index in [1.165, 1.54) is 41.5 Å². The van der Waals surface area contributed by atoms with E-state index in [4.69, 9.17) is 29.9 Å². The number of carbonyl (C=O) groups is 6. The number of ether oxygens (including phenoxy) is 2. The third-order valence-corrected chi connectivity index (χ3v) is 9.51. The molecule has 0 fully saturated rings. The summed E-state index contributed by atoms with van der Waals surface area (Å²) in [5.41, 5.74) is 0.534. The summed E-state index contributed by atoms with van der Waals surface area (Å²) in [6, 6.07) is 0. The molecule has 0 saturated carbocycles. The van der Waals surface area contributed by atoms with Crippen LogP contribution in [0.3, 0.4) is 0 Å². The summed E-state index contributed by atoms with van der Waals surface area (Å²) in [7, 11) is 0. The molecule has 2 aromatic carbocycles. The molecule has 0 heterocycles. The second-order valence-corrected chi connectivity index (χ2v) is 14.3. The molecule has 0 aliphatic carbocycles. The maximum absolute atomic E-state index is 13.3. The van der Waals surface area contributed by atoms with Crippen LogP contribution in [0.1, 0.15) is 74.8 Å². The first kappa shape index (κ1) is 52.6. The van der Waals surface area contributed by atoms with Crippen molar-refractivity contribution < 1.29 is 84.2 Å². The Labute approximate surface area is 356 Å². The number of carbonyl (C=O) groups excluding carboxylic acids is 6. The zero-order chi connectivity index (χ0) is 47.0. The number of nitrogens with one attached hydrogen (secondary N) is 6. The van der Waals surface area contributed by atoms with E-state index in [-0.39, 0.29) is 93.2 Å². The highest BCUT2D eigenvalue weighted by molar-refractivity contribution is 6.08. The van der Waals surface area contributed by atoms with Crippen molar-refractivity contribution in [3.8, 4) is 0 Å². The molecule has 23 nitrogen and oxygen atoms in total. The van der Waals surface area contributed by atoms with Gasteiger partial charge in [0, 0.05) is 48.4 Å². The number of hydrogen-bond donors (Lipinski definition) is 15. The van der Waals surface area contributed by atoms with Gasteiger partial charge in [0.1, 0.15) is 19.3 Å². The summed E-state index contributed by atoms with van der Waals surface area (Å²) < 4.78 is 10.3. The maximum atomic E-state index is 13.3. The largest absolute Gasteiger partial charge is 0.446 e. The van der Waals surface area contributed by atoms with Crippen LogP contribution < -0.4 is 31.9 Å². The average Bonchev–Trinajstić information content (AvgIpc) is 3.24. The second kappa shape index (κ2) is 24.8. The van der Waals surface area contributed by atoms with E-state index in [9.17, 15) is 54.3 Å². The van der Waals surface area contributed by atoms with Crippen LogP contribution in [-0.4, -0.2) is 178 Å². The Kier molecular flexibility index (Phi) is 21.1. The molecule has 15 N–H and O–H groups in total. The minimum absolute atomic E-state index is 0.0504. The fourth-order valence-corrected chi connectivity index (χ4v) is 6.30. The van der Waals surface area contributed by atoms with E-state index in [0.29, 0.717) is 0 Å². The Balaban J connectivity index is 2.30. The van der Waals surface area contributed by atoms with Crippen molar-refractivity contribution in [2.45, 2.75) is 72.1 Å². The fraction of sp³-hybridized carbons (Fsp3) is 0.538. The van der Waals surface area contributed by atoms with Crippen LogP contribution in [0.4, 0.5) is 21.0 Å². The van der Waals surface area contributed by atoms with Gasteiger partial charge < -0.3 is 76.7 Å². The lowest BCUT2D eigenvalue weighted by atomic mass is 9.90. The first-order chi connectivity index (χ1) is 29.1. The molecule has 0 aliphatic rings. The highest BCUT2D eigenvalue weighted by Crippen LogP contribution is 2.33. The van der Waals surface area contributed by atoms with E-state index in [2.05, 4.69) is 31.9 Å². The molecule has 4 atom stereocenters. The van der Waals surface area contributed by atoms with Crippen molar-refractivity contribution in [3.63, 3.8) is 0 Å². The minimum Gasteiger partial charge on any atom is -0.446 e. The van der Waals surface area contributed by atoms with Crippen LogP contribution in [0.25, 0.3) is 0 Å². The number of aliphatic hydroxyl groups is 9. The van der Waals surface area contributed by atoms with Crippen LogP contribution in [0.15, 0.2) is 0 Å². The smallest absolute Gasteiger partial charge is 0.411 e. The average molecular weight is 883 g/mol. The van der Waals surface area contributed by atoms with Gasteiger partial charge in [0.25, 0.3) is 23.6 Å². The van der Waals surface area contributed by atoms with Crippen molar-refractivity contribution >= 4 is 47.2 Å². The van der Waals surface area contributed by atoms with Crippen LogP contribution in [0.5, 0.6) is 0 Å². The summed E-state index contributed by atoms with van der Waals surface area (Å²) in [5.74, 6) is -3.09. The molecule has 4 unspecified atom stereocenters. The van der Waals surface area contributed by atoms with Crippen molar-refractivity contribution in [3.05, 3.63) is 55.6 Å². The van der Waals surface area contributed by atoms with E-state index in [1.54, 1.807) is 0 Å². The van der Waals surface area contributed by atoms with E-state index in [1.807, 2.05) is 0 Å². The molecule has 346 valence electrons. The molecule has 0 saturated heterocycles. The summed E-state index contributed by atoms with van der Waals surface area (Å²) in [6.45, 7) is 3.20. The Morgan fingerprint density at radius 3 is 0.839 bits per heavy atom. The zero-order valence-electron chi connectivity index (χ0n) is 35.2. The fourth-order valence-electron chi connectivity index (χ4n) is 6.30. The number of amides is 6. The molecule has 0 aliphatic heterocycles. The summed E-state index contributed by atoms with van der Waals surface area (Å²) in [6.07, 6.45) is -9.15. The third kappa shape index (κ3) is 14.3. The van der Waals surface area contributed by atoms with Gasteiger partial charge in [0.2, 0.25) is 0 Å². The van der Waals surface area contributed by atoms with Crippen molar-refractivity contribution in [1.82, 2.24) is 21.3 Å². The molecule has 0 aromatic heterocycles. The van der Waals surface area contributed by atoms with Gasteiger partial charge in [-0.15, -0.1) is 0 Å². The third-order valence-electron chi connectivity index (χ3n) is 9.51. The molecule has 6 amide bonds. The molecule has 0 spiro atoms. The lowest BCUT2D eigenvalue weighted by molar-refractivity contribution is 0.0292. The predicted molar refractivity (Wildman–Crippen MR) is 219 cm³/mol. The highest BCUT2D eigenvalue weighted by Gasteiger charge is 2.29. The normalized spacial score (nSPS) is 13.5. The summed E-state index contributed by atoms with van der Waals surface area (Å²) in [5, 5.41) is 101. The van der Waals surface area contributed by atoms with Crippen molar-refractivity contribution in [1.29, 1.82) is 0 Å². The minimum atomic E-state index is -1.62. The van der Waals surface area contributed by atoms with Crippen LogP contribution in [-0.2, 0) is 9.47 Å². The number of aliphatic hydroxyl groups excluding tert-OH is 9. The van der Waals surface area contributed by atoms with E-state index in [0.717, 1.165) is 0 Å². The second-order valence-electron chi connectivity index (χ2n) is 14.3. The molecule has 0 bridgehead atoms. The van der Waals surface area contributed by atoms with Gasteiger partial charge in [-0.3, -0.25) is 29.8 Å². The summed E-state index contributed by atoms with van der Waals surface area (Å²) >= 11 is 0. The number of hydrogen-bond acceptors (Lipinski definition) is 17. The van der Waals surface area contributed by atoms with Crippen molar-refractivity contribution in [2.75, 3.05) is 76.5 Å². The SMILES string of the molecule is Cc1c(NC(=O)OCC(O)COC(=O)Nc2c(C)c(C(=O)NCC(O)CO)c(C)c(C(=O)NCC(O)CO)c2C)c(C)c(C(=O)NCC(O)CO)c(C)c1C(=O)NCC(O)CO. The first-order valence-corrected chi connectivity index (χ1v) is 19.3. The van der Waals surface area contributed by atoms with Gasteiger partial charge in [-0.1, -0.05) is 0 Å². The zero-order valence-corrected chi connectivity index (χ0v) is 35.2. The van der Waals surface area contributed by atoms with Gasteiger partial charge in [-0.2, -0.15) is 0 Å². The number of benzene rings is 2. The topological polar surface area (TPSA) is 375 Å². The lowest BCUT2D eigenvalue weighted by Gasteiger charge is -2.23. The molecular formula is C39H58N6O17. The maximum Gasteiger partial charge on any atom is 0.411 e. The van der Waals surface area contributed by atoms with Gasteiger partial charge in [-0.25, -0.2) is 9.59 Å². The molecule has 23 heteroatoms. The Morgan fingerprint density at radius 1 is 0.403 bits per heavy atom. The first-order valence-electron chi connectivity index (χ1n) is 19.3. The molecular weight excluding hydrogens is 824 g/mol. The van der Waals surface area contributed by atoms with Gasteiger partial charge in [0.05, 0.1) is 62.2 Å². The highest BCUT2D eigenvalue weighted by atomic mass is 16.6. The van der Waals surface area contributed by atoms with Crippen LogP contribution >= 0.6 is 0 Å². The predicted octanol–water partition coefficient (Wildman–Crippen LogP) is -2.97. The Hall–Kier alpha value is -5.50. The summed E-state index contributed by atoms with van der Waals surface area (Å²) in [4.78, 5) is 79.1. The van der Waals surface area contributed by atoms with Gasteiger partial charge in [-0.05, 0) is 74.9 Å². The van der Waals surface area contributed by atoms with Crippen LogP contribution in [0.2, 0.25) is 0 Å². The van der Waals surface area contributed by atoms with Gasteiger partial charge in [0.15, 0.2) is 0 Å². The van der Waals surface area contributed by atoms with E-state index < -0.39 is 106 Å². The monoisotopic (exact) mass is 882 g/mol. The van der Waals surface area contributed by atoms with E-state index >= 15 is 0 Å². The standard InChI is InChI=1S/C39H58N6O17/c1-17-28(34(55)40-7-23(50)11-46)19(3)32(20(4)29(17)35(56)41-8-24(51)12-47)44-38(59)61-15-27(54)16-62-39(60)45-33-21(5)30(36(57)42-9-25(52)13-48)18(2)31(22(33)6)37(58)43-10-26(53)14-49/h23-27,46-54H,7-16H2,1-6H3,(H,40,55)(H,41,56)(H,42,57)(H,43,58)(H,44,59)(H,45,60). The van der Waals surface area contributed by atoms with Crippen LogP contribution in [0, 0.1) is 41.5 Å².